The molecule has 0 aliphatic carbocycles. The first-order valence-electron chi connectivity index (χ1n) is 5.06. The number of benzene rings is 1. The maximum Gasteiger partial charge on any atom is 0.337 e. The molecule has 0 atom stereocenters. The van der Waals surface area contributed by atoms with Crippen LogP contribution in [0.4, 0.5) is 0 Å². The third-order valence-corrected chi connectivity index (χ3v) is 3.57. The third-order valence-electron chi connectivity index (χ3n) is 2.74. The Morgan fingerprint density at radius 2 is 2.22 bits per heavy atom. The van der Waals surface area contributed by atoms with Gasteiger partial charge in [0.1, 0.15) is 0 Å². The molecule has 0 spiro atoms. The summed E-state index contributed by atoms with van der Waals surface area (Å²) >= 11 is 9.43. The first-order valence-corrected chi connectivity index (χ1v) is 6.24. The smallest absolute Gasteiger partial charge is 0.337 e. The number of aromatic carboxylic acids is 1. The van der Waals surface area contributed by atoms with Gasteiger partial charge in [-0.25, -0.2) is 4.79 Å². The Kier molecular flexibility index (Phi) is 2.53. The molecule has 3 aromatic rings. The summed E-state index contributed by atoms with van der Waals surface area (Å²) in [4.78, 5) is 18.4. The van der Waals surface area contributed by atoms with Crippen LogP contribution in [0.25, 0.3) is 21.9 Å². The normalized spacial score (nSPS) is 11.2. The average Bonchev–Trinajstić information content (AvgIpc) is 2.67. The molecule has 6 heteroatoms. The first kappa shape index (κ1) is 11.5. The molecule has 90 valence electrons. The fraction of sp³-hybridized carbons (Fsp3) is 0. The molecule has 0 aliphatic rings. The zero-order valence-corrected chi connectivity index (χ0v) is 11.2. The highest BCUT2D eigenvalue weighted by Gasteiger charge is 2.15. The molecular weight excluding hydrogens is 320 g/mol. The predicted octanol–water partition coefficient (Wildman–Crippen LogP) is 3.83. The monoisotopic (exact) mass is 324 g/mol. The van der Waals surface area contributed by atoms with Gasteiger partial charge in [0.15, 0.2) is 0 Å². The Morgan fingerprint density at radius 3 is 2.94 bits per heavy atom. The van der Waals surface area contributed by atoms with Crippen molar-refractivity contribution in [2.45, 2.75) is 0 Å². The minimum absolute atomic E-state index is 0.0785. The first-order chi connectivity index (χ1) is 8.58. The van der Waals surface area contributed by atoms with Crippen molar-refractivity contribution in [3.05, 3.63) is 39.5 Å². The van der Waals surface area contributed by atoms with Crippen LogP contribution in [0.15, 0.2) is 28.9 Å². The van der Waals surface area contributed by atoms with Crippen molar-refractivity contribution in [1.82, 2.24) is 9.97 Å². The molecule has 2 N–H and O–H groups in total. The number of halogens is 2. The number of aromatic amines is 1. The van der Waals surface area contributed by atoms with Gasteiger partial charge in [0.05, 0.1) is 27.1 Å². The molecular formula is C12H6BrClN2O2. The van der Waals surface area contributed by atoms with Gasteiger partial charge in [0, 0.05) is 16.1 Å². The number of aromatic nitrogens is 2. The summed E-state index contributed by atoms with van der Waals surface area (Å²) in [5.74, 6) is -1.05. The van der Waals surface area contributed by atoms with Gasteiger partial charge in [-0.2, -0.15) is 0 Å². The number of carbonyl (C=O) groups is 1. The number of nitrogens with zero attached hydrogens (tertiary/aromatic N) is 1. The largest absolute Gasteiger partial charge is 0.478 e. The van der Waals surface area contributed by atoms with Crippen LogP contribution < -0.4 is 0 Å². The van der Waals surface area contributed by atoms with E-state index in [1.165, 1.54) is 6.07 Å². The van der Waals surface area contributed by atoms with Gasteiger partial charge < -0.3 is 10.1 Å². The Balaban J connectivity index is 2.46. The van der Waals surface area contributed by atoms with Crippen molar-refractivity contribution in [2.75, 3.05) is 0 Å². The summed E-state index contributed by atoms with van der Waals surface area (Å²) in [5, 5.41) is 10.0. The summed E-state index contributed by atoms with van der Waals surface area (Å²) in [5.41, 5.74) is 2.25. The second kappa shape index (κ2) is 3.96. The third kappa shape index (κ3) is 1.59. The van der Waals surface area contributed by atoms with Crippen molar-refractivity contribution in [2.24, 2.45) is 0 Å². The second-order valence-electron chi connectivity index (χ2n) is 3.83. The predicted molar refractivity (Wildman–Crippen MR) is 73.3 cm³/mol. The Hall–Kier alpha value is -1.59. The summed E-state index contributed by atoms with van der Waals surface area (Å²) in [6.45, 7) is 0. The molecule has 0 amide bonds. The lowest BCUT2D eigenvalue weighted by Gasteiger charge is -1.99. The Labute approximate surface area is 115 Å². The quantitative estimate of drug-likeness (QED) is 0.714. The lowest BCUT2D eigenvalue weighted by Crippen LogP contribution is -1.97. The number of hydrogen-bond acceptors (Lipinski definition) is 2. The van der Waals surface area contributed by atoms with E-state index in [-0.39, 0.29) is 10.6 Å². The topological polar surface area (TPSA) is 66.0 Å². The summed E-state index contributed by atoms with van der Waals surface area (Å²) in [6, 6.07) is 5.08. The van der Waals surface area contributed by atoms with E-state index >= 15 is 0 Å². The minimum atomic E-state index is -1.05. The van der Waals surface area contributed by atoms with Crippen LogP contribution in [0.1, 0.15) is 10.4 Å². The van der Waals surface area contributed by atoms with E-state index in [1.54, 1.807) is 12.3 Å². The SMILES string of the molecule is O=C(O)c1ccc2c([nH]c3cc(Br)cnc32)c1Cl. The zero-order valence-electron chi connectivity index (χ0n) is 8.87. The molecule has 0 aliphatic heterocycles. The highest BCUT2D eigenvalue weighted by Crippen LogP contribution is 2.32. The van der Waals surface area contributed by atoms with Crippen LogP contribution >= 0.6 is 27.5 Å². The van der Waals surface area contributed by atoms with Crippen molar-refractivity contribution in [3.63, 3.8) is 0 Å². The van der Waals surface area contributed by atoms with E-state index in [0.29, 0.717) is 5.52 Å². The molecule has 0 saturated carbocycles. The van der Waals surface area contributed by atoms with E-state index in [0.717, 1.165) is 20.9 Å². The molecule has 4 nitrogen and oxygen atoms in total. The van der Waals surface area contributed by atoms with Gasteiger partial charge in [-0.05, 0) is 34.1 Å². The summed E-state index contributed by atoms with van der Waals surface area (Å²) < 4.78 is 0.844. The molecule has 18 heavy (non-hydrogen) atoms. The van der Waals surface area contributed by atoms with Crippen LogP contribution in [0.2, 0.25) is 5.02 Å². The summed E-state index contributed by atoms with van der Waals surface area (Å²) in [6.07, 6.45) is 1.69. The molecule has 1 aromatic carbocycles. The van der Waals surface area contributed by atoms with Crippen LogP contribution in [-0.2, 0) is 0 Å². The lowest BCUT2D eigenvalue weighted by molar-refractivity contribution is 0.0697. The Morgan fingerprint density at radius 1 is 1.44 bits per heavy atom. The van der Waals surface area contributed by atoms with E-state index in [4.69, 9.17) is 16.7 Å². The standard InChI is InChI=1S/C12H6BrClN2O2/c13-5-3-8-10(15-4-5)7-2-1-6(12(17)18)9(14)11(7)16-8/h1-4,16H,(H,17,18). The van der Waals surface area contributed by atoms with Crippen molar-refractivity contribution < 1.29 is 9.90 Å². The highest BCUT2D eigenvalue weighted by atomic mass is 79.9. The number of pyridine rings is 1. The average molecular weight is 326 g/mol. The van der Waals surface area contributed by atoms with Crippen molar-refractivity contribution in [3.8, 4) is 0 Å². The number of carboxylic acids is 1. The maximum atomic E-state index is 11.0. The number of nitrogens with one attached hydrogen (secondary N) is 1. The van der Waals surface area contributed by atoms with Crippen LogP contribution in [0.5, 0.6) is 0 Å². The van der Waals surface area contributed by atoms with Crippen molar-refractivity contribution in [1.29, 1.82) is 0 Å². The van der Waals surface area contributed by atoms with E-state index in [9.17, 15) is 4.79 Å². The summed E-state index contributed by atoms with van der Waals surface area (Å²) in [7, 11) is 0. The molecule has 0 bridgehead atoms. The number of carboxylic acid groups (broad SMARTS) is 1. The molecule has 2 heterocycles. The van der Waals surface area contributed by atoms with Gasteiger partial charge in [-0.15, -0.1) is 0 Å². The molecule has 0 unspecified atom stereocenters. The lowest BCUT2D eigenvalue weighted by atomic mass is 10.1. The van der Waals surface area contributed by atoms with Crippen LogP contribution in [0, 0.1) is 0 Å². The van der Waals surface area contributed by atoms with Gasteiger partial charge in [-0.1, -0.05) is 11.6 Å². The molecule has 0 saturated heterocycles. The van der Waals surface area contributed by atoms with Crippen LogP contribution in [0.3, 0.4) is 0 Å². The number of H-pyrrole nitrogens is 1. The van der Waals surface area contributed by atoms with Crippen molar-refractivity contribution >= 4 is 55.4 Å². The number of hydrogen-bond donors (Lipinski definition) is 2. The second-order valence-corrected chi connectivity index (χ2v) is 5.12. The highest BCUT2D eigenvalue weighted by molar-refractivity contribution is 9.10. The van der Waals surface area contributed by atoms with Gasteiger partial charge in [0.25, 0.3) is 0 Å². The van der Waals surface area contributed by atoms with Gasteiger partial charge in [0.2, 0.25) is 0 Å². The fourth-order valence-corrected chi connectivity index (χ4v) is 2.57. The molecule has 0 fully saturated rings. The van der Waals surface area contributed by atoms with E-state index in [1.807, 2.05) is 6.07 Å². The fourth-order valence-electron chi connectivity index (χ4n) is 1.94. The number of fused-ring (bicyclic) bond motifs is 3. The maximum absolute atomic E-state index is 11.0. The van der Waals surface area contributed by atoms with Gasteiger partial charge >= 0.3 is 5.97 Å². The zero-order chi connectivity index (χ0) is 12.9. The van der Waals surface area contributed by atoms with E-state index in [2.05, 4.69) is 25.9 Å². The van der Waals surface area contributed by atoms with Gasteiger partial charge in [-0.3, -0.25) is 4.98 Å². The van der Waals surface area contributed by atoms with Crippen LogP contribution in [-0.4, -0.2) is 21.0 Å². The molecule has 0 radical (unpaired) electrons. The van der Waals surface area contributed by atoms with E-state index < -0.39 is 5.97 Å². The minimum Gasteiger partial charge on any atom is -0.478 e. The number of rotatable bonds is 1. The molecule has 2 aromatic heterocycles. The Bertz CT molecular complexity index is 797. The molecule has 3 rings (SSSR count).